The van der Waals surface area contributed by atoms with Crippen LogP contribution in [0.25, 0.3) is 0 Å². The Hall–Kier alpha value is -3.62. The summed E-state index contributed by atoms with van der Waals surface area (Å²) in [6.07, 6.45) is 0. The molecule has 3 rings (SSSR count). The second-order valence-corrected chi connectivity index (χ2v) is 5.90. The molecule has 0 bridgehead atoms. The van der Waals surface area contributed by atoms with E-state index in [9.17, 15) is 9.59 Å². The molecule has 1 N–H and O–H groups in total. The lowest BCUT2D eigenvalue weighted by atomic mass is 10.2. The summed E-state index contributed by atoms with van der Waals surface area (Å²) < 4.78 is 31.6. The number of methoxy groups -OCH3 is 3. The summed E-state index contributed by atoms with van der Waals surface area (Å²) >= 11 is 0. The highest BCUT2D eigenvalue weighted by atomic mass is 16.6. The highest BCUT2D eigenvalue weighted by molar-refractivity contribution is 5.96. The molecule has 0 saturated carbocycles. The van der Waals surface area contributed by atoms with Gasteiger partial charge in [-0.05, 0) is 24.3 Å². The molecule has 1 amide bonds. The second kappa shape index (κ2) is 9.05. The van der Waals surface area contributed by atoms with E-state index in [1.165, 1.54) is 33.5 Å². The van der Waals surface area contributed by atoms with E-state index in [0.717, 1.165) is 0 Å². The van der Waals surface area contributed by atoms with Gasteiger partial charge in [0.2, 0.25) is 5.75 Å². The predicted octanol–water partition coefficient (Wildman–Crippen LogP) is 2.28. The van der Waals surface area contributed by atoms with Gasteiger partial charge in [0.05, 0.1) is 26.9 Å². The minimum absolute atomic E-state index is 0.159. The van der Waals surface area contributed by atoms with Crippen molar-refractivity contribution in [2.24, 2.45) is 0 Å². The SMILES string of the molecule is COc1cc(C(=O)OCC(=O)Nc2ccc3c(c2)OCCO3)cc(OC)c1OC. The van der Waals surface area contributed by atoms with Crippen LogP contribution in [0.5, 0.6) is 28.7 Å². The van der Waals surface area contributed by atoms with Crippen LogP contribution in [-0.4, -0.2) is 53.0 Å². The maximum absolute atomic E-state index is 12.3. The number of carbonyl (C=O) groups excluding carboxylic acids is 2. The third kappa shape index (κ3) is 4.63. The first-order chi connectivity index (χ1) is 14.0. The molecule has 154 valence electrons. The Bertz CT molecular complexity index is 886. The summed E-state index contributed by atoms with van der Waals surface area (Å²) in [5.74, 6) is 0.914. The van der Waals surface area contributed by atoms with Crippen LogP contribution in [0.1, 0.15) is 10.4 Å². The van der Waals surface area contributed by atoms with Crippen LogP contribution >= 0.6 is 0 Å². The zero-order valence-corrected chi connectivity index (χ0v) is 16.3. The molecule has 29 heavy (non-hydrogen) atoms. The van der Waals surface area contributed by atoms with Gasteiger partial charge in [0, 0.05) is 11.8 Å². The third-order valence-electron chi connectivity index (χ3n) is 4.06. The largest absolute Gasteiger partial charge is 0.493 e. The average Bonchev–Trinajstić information content (AvgIpc) is 2.76. The zero-order valence-electron chi connectivity index (χ0n) is 16.3. The fourth-order valence-electron chi connectivity index (χ4n) is 2.73. The van der Waals surface area contributed by atoms with Crippen molar-refractivity contribution in [3.8, 4) is 28.7 Å². The quantitative estimate of drug-likeness (QED) is 0.703. The molecule has 1 aliphatic heterocycles. The molecule has 9 nitrogen and oxygen atoms in total. The van der Waals surface area contributed by atoms with Crippen molar-refractivity contribution in [1.82, 2.24) is 0 Å². The number of esters is 1. The first kappa shape index (κ1) is 20.1. The topological polar surface area (TPSA) is 102 Å². The van der Waals surface area contributed by atoms with Crippen LogP contribution in [0.2, 0.25) is 0 Å². The molecule has 0 atom stereocenters. The molecule has 0 radical (unpaired) electrons. The number of nitrogens with one attached hydrogen (secondary N) is 1. The van der Waals surface area contributed by atoms with E-state index < -0.39 is 18.5 Å². The van der Waals surface area contributed by atoms with Gasteiger partial charge in [-0.15, -0.1) is 0 Å². The highest BCUT2D eigenvalue weighted by Gasteiger charge is 2.19. The minimum Gasteiger partial charge on any atom is -0.493 e. The number of anilines is 1. The lowest BCUT2D eigenvalue weighted by Crippen LogP contribution is -2.21. The Morgan fingerprint density at radius 2 is 1.59 bits per heavy atom. The molecule has 2 aromatic rings. The van der Waals surface area contributed by atoms with E-state index >= 15 is 0 Å². The van der Waals surface area contributed by atoms with Crippen LogP contribution in [0.4, 0.5) is 5.69 Å². The number of carbonyl (C=O) groups is 2. The third-order valence-corrected chi connectivity index (χ3v) is 4.06. The Morgan fingerprint density at radius 3 is 2.21 bits per heavy atom. The van der Waals surface area contributed by atoms with Crippen LogP contribution in [-0.2, 0) is 9.53 Å². The van der Waals surface area contributed by atoms with Gasteiger partial charge in [-0.1, -0.05) is 0 Å². The average molecular weight is 403 g/mol. The molecular weight excluding hydrogens is 382 g/mol. The summed E-state index contributed by atoms with van der Waals surface area (Å²) in [5.41, 5.74) is 0.662. The van der Waals surface area contributed by atoms with E-state index in [1.807, 2.05) is 0 Å². The van der Waals surface area contributed by atoms with E-state index in [0.29, 0.717) is 47.6 Å². The van der Waals surface area contributed by atoms with Crippen molar-refractivity contribution >= 4 is 17.6 Å². The molecule has 1 heterocycles. The van der Waals surface area contributed by atoms with Crippen LogP contribution < -0.4 is 29.0 Å². The van der Waals surface area contributed by atoms with Crippen molar-refractivity contribution in [3.63, 3.8) is 0 Å². The maximum Gasteiger partial charge on any atom is 0.338 e. The lowest BCUT2D eigenvalue weighted by molar-refractivity contribution is -0.119. The van der Waals surface area contributed by atoms with Gasteiger partial charge >= 0.3 is 5.97 Å². The van der Waals surface area contributed by atoms with Gasteiger partial charge in [0.1, 0.15) is 13.2 Å². The zero-order chi connectivity index (χ0) is 20.8. The Balaban J connectivity index is 1.62. The Kier molecular flexibility index (Phi) is 6.28. The highest BCUT2D eigenvalue weighted by Crippen LogP contribution is 2.38. The molecule has 0 saturated heterocycles. The van der Waals surface area contributed by atoms with Gasteiger partial charge < -0.3 is 33.7 Å². The molecule has 0 fully saturated rings. The fourth-order valence-corrected chi connectivity index (χ4v) is 2.73. The number of amides is 1. The number of benzene rings is 2. The van der Waals surface area contributed by atoms with Crippen LogP contribution in [0, 0.1) is 0 Å². The summed E-state index contributed by atoms with van der Waals surface area (Å²) in [5, 5.41) is 2.64. The smallest absolute Gasteiger partial charge is 0.338 e. The van der Waals surface area contributed by atoms with Gasteiger partial charge in [-0.25, -0.2) is 4.79 Å². The molecule has 0 aliphatic carbocycles. The monoisotopic (exact) mass is 403 g/mol. The minimum atomic E-state index is -0.707. The van der Waals surface area contributed by atoms with Crippen LogP contribution in [0.15, 0.2) is 30.3 Å². The van der Waals surface area contributed by atoms with Gasteiger partial charge in [0.15, 0.2) is 29.6 Å². The molecule has 0 spiro atoms. The van der Waals surface area contributed by atoms with Crippen molar-refractivity contribution in [3.05, 3.63) is 35.9 Å². The van der Waals surface area contributed by atoms with Gasteiger partial charge in [-0.2, -0.15) is 0 Å². The normalized spacial score (nSPS) is 12.0. The van der Waals surface area contributed by atoms with Crippen LogP contribution in [0.3, 0.4) is 0 Å². The van der Waals surface area contributed by atoms with Gasteiger partial charge in [0.25, 0.3) is 5.91 Å². The molecule has 0 unspecified atom stereocenters. The van der Waals surface area contributed by atoms with E-state index in [4.69, 9.17) is 28.4 Å². The number of hydrogen-bond donors (Lipinski definition) is 1. The molecule has 1 aliphatic rings. The lowest BCUT2D eigenvalue weighted by Gasteiger charge is -2.19. The van der Waals surface area contributed by atoms with Crippen molar-refractivity contribution < 1.29 is 38.0 Å². The fraction of sp³-hybridized carbons (Fsp3) is 0.300. The van der Waals surface area contributed by atoms with E-state index in [1.54, 1.807) is 18.2 Å². The molecule has 2 aromatic carbocycles. The Labute approximate surface area is 167 Å². The van der Waals surface area contributed by atoms with Crippen molar-refractivity contribution in [1.29, 1.82) is 0 Å². The number of rotatable bonds is 7. The maximum atomic E-state index is 12.3. The van der Waals surface area contributed by atoms with E-state index in [-0.39, 0.29) is 5.56 Å². The standard InChI is InChI=1S/C20H21NO8/c1-24-16-8-12(9-17(25-2)19(16)26-3)20(23)29-11-18(22)21-13-4-5-14-15(10-13)28-7-6-27-14/h4-5,8-10H,6-7,11H2,1-3H3,(H,21,22). The van der Waals surface area contributed by atoms with Crippen molar-refractivity contribution in [2.45, 2.75) is 0 Å². The Morgan fingerprint density at radius 1 is 0.931 bits per heavy atom. The number of hydrogen-bond acceptors (Lipinski definition) is 8. The number of fused-ring (bicyclic) bond motifs is 1. The summed E-state index contributed by atoms with van der Waals surface area (Å²) in [7, 11) is 4.33. The molecule has 9 heteroatoms. The van der Waals surface area contributed by atoms with Gasteiger partial charge in [-0.3, -0.25) is 4.79 Å². The summed E-state index contributed by atoms with van der Waals surface area (Å²) in [6.45, 7) is 0.455. The van der Waals surface area contributed by atoms with E-state index in [2.05, 4.69) is 5.32 Å². The predicted molar refractivity (Wildman–Crippen MR) is 102 cm³/mol. The first-order valence-electron chi connectivity index (χ1n) is 8.72. The second-order valence-electron chi connectivity index (χ2n) is 5.90. The molecular formula is C20H21NO8. The summed E-state index contributed by atoms with van der Waals surface area (Å²) in [6, 6.07) is 7.91. The summed E-state index contributed by atoms with van der Waals surface area (Å²) in [4.78, 5) is 24.5. The first-order valence-corrected chi connectivity index (χ1v) is 8.72. The molecule has 0 aromatic heterocycles. The van der Waals surface area contributed by atoms with Crippen molar-refractivity contribution in [2.75, 3.05) is 46.5 Å². The number of ether oxygens (including phenoxy) is 6.